The van der Waals surface area contributed by atoms with Crippen molar-refractivity contribution < 1.29 is 9.47 Å². The van der Waals surface area contributed by atoms with E-state index in [4.69, 9.17) is 21.1 Å². The molecule has 1 N–H and O–H groups in total. The number of thiophene rings is 1. The fourth-order valence-corrected chi connectivity index (χ4v) is 2.83. The second kappa shape index (κ2) is 7.41. The summed E-state index contributed by atoms with van der Waals surface area (Å²) in [4.78, 5) is 1.18. The molecule has 0 aliphatic heterocycles. The van der Waals surface area contributed by atoms with Crippen molar-refractivity contribution in [3.05, 3.63) is 39.5 Å². The van der Waals surface area contributed by atoms with Crippen LogP contribution in [0.2, 0.25) is 5.02 Å². The molecule has 0 atom stereocenters. The van der Waals surface area contributed by atoms with Crippen LogP contribution in [-0.2, 0) is 6.54 Å². The van der Waals surface area contributed by atoms with E-state index in [2.05, 4.69) is 5.32 Å². The van der Waals surface area contributed by atoms with Gasteiger partial charge in [0.15, 0.2) is 0 Å². The maximum Gasteiger partial charge on any atom is 0.142 e. The molecule has 2 aromatic rings. The van der Waals surface area contributed by atoms with Crippen LogP contribution in [0.3, 0.4) is 0 Å². The Kier molecular flexibility index (Phi) is 5.56. The first kappa shape index (κ1) is 15.0. The molecule has 108 valence electrons. The number of rotatable bonds is 7. The lowest BCUT2D eigenvalue weighted by Crippen LogP contribution is -2.02. The predicted molar refractivity (Wildman–Crippen MR) is 85.4 cm³/mol. The molecule has 0 amide bonds. The minimum Gasteiger partial charge on any atom is -0.494 e. The lowest BCUT2D eigenvalue weighted by atomic mass is 10.2. The molecular formula is C15H18ClNO2S. The van der Waals surface area contributed by atoms with Gasteiger partial charge in [0.2, 0.25) is 0 Å². The Labute approximate surface area is 128 Å². The van der Waals surface area contributed by atoms with Gasteiger partial charge in [-0.2, -0.15) is 0 Å². The third-order valence-electron chi connectivity index (χ3n) is 2.64. The molecule has 2 rings (SSSR count). The maximum absolute atomic E-state index is 5.93. The van der Waals surface area contributed by atoms with Gasteiger partial charge in [-0.3, -0.25) is 0 Å². The number of benzene rings is 1. The second-order valence-corrected chi connectivity index (χ2v) is 5.54. The summed E-state index contributed by atoms with van der Waals surface area (Å²) in [7, 11) is 0. The third-order valence-corrected chi connectivity index (χ3v) is 3.92. The average Bonchev–Trinajstić information content (AvgIpc) is 2.85. The van der Waals surface area contributed by atoms with E-state index in [-0.39, 0.29) is 0 Å². The Morgan fingerprint density at radius 3 is 2.60 bits per heavy atom. The van der Waals surface area contributed by atoms with Gasteiger partial charge >= 0.3 is 0 Å². The van der Waals surface area contributed by atoms with Crippen molar-refractivity contribution in [2.75, 3.05) is 18.5 Å². The Bertz CT molecular complexity index is 557. The summed E-state index contributed by atoms with van der Waals surface area (Å²) < 4.78 is 11.1. The minimum atomic E-state index is 0.632. The van der Waals surface area contributed by atoms with E-state index in [0.717, 1.165) is 22.2 Å². The van der Waals surface area contributed by atoms with E-state index in [1.54, 1.807) is 11.3 Å². The van der Waals surface area contributed by atoms with Crippen molar-refractivity contribution in [2.45, 2.75) is 20.4 Å². The van der Waals surface area contributed by atoms with Gasteiger partial charge in [-0.15, -0.1) is 11.3 Å². The number of halogens is 1. The van der Waals surface area contributed by atoms with Crippen LogP contribution >= 0.6 is 22.9 Å². The summed E-state index contributed by atoms with van der Waals surface area (Å²) in [6.07, 6.45) is 0. The molecule has 1 heterocycles. The third kappa shape index (κ3) is 4.05. The molecule has 0 saturated carbocycles. The highest BCUT2D eigenvalue weighted by Gasteiger charge is 2.06. The van der Waals surface area contributed by atoms with Crippen molar-refractivity contribution in [3.63, 3.8) is 0 Å². The summed E-state index contributed by atoms with van der Waals surface area (Å²) >= 11 is 7.56. The van der Waals surface area contributed by atoms with Crippen LogP contribution in [-0.4, -0.2) is 13.2 Å². The summed E-state index contributed by atoms with van der Waals surface area (Å²) in [5, 5.41) is 6.08. The van der Waals surface area contributed by atoms with Crippen LogP contribution in [0, 0.1) is 0 Å². The Hall–Kier alpha value is -1.39. The van der Waals surface area contributed by atoms with E-state index in [1.165, 1.54) is 4.88 Å². The summed E-state index contributed by atoms with van der Waals surface area (Å²) in [6, 6.07) is 7.77. The van der Waals surface area contributed by atoms with Crippen LogP contribution < -0.4 is 14.8 Å². The fraction of sp³-hybridized carbons (Fsp3) is 0.333. The van der Waals surface area contributed by atoms with Crippen LogP contribution in [0.5, 0.6) is 11.5 Å². The first-order valence-electron chi connectivity index (χ1n) is 6.59. The lowest BCUT2D eigenvalue weighted by Gasteiger charge is -2.13. The van der Waals surface area contributed by atoms with Crippen molar-refractivity contribution >= 4 is 28.6 Å². The predicted octanol–water partition coefficient (Wildman–Crippen LogP) is 4.81. The fourth-order valence-electron chi connectivity index (χ4n) is 1.81. The Morgan fingerprint density at radius 1 is 1.15 bits per heavy atom. The minimum absolute atomic E-state index is 0.632. The van der Waals surface area contributed by atoms with Gasteiger partial charge < -0.3 is 14.8 Å². The average molecular weight is 312 g/mol. The molecule has 1 aromatic heterocycles. The van der Waals surface area contributed by atoms with Crippen LogP contribution in [0.15, 0.2) is 29.6 Å². The van der Waals surface area contributed by atoms with Gasteiger partial charge in [0.1, 0.15) is 11.5 Å². The number of anilines is 1. The molecule has 5 heteroatoms. The summed E-state index contributed by atoms with van der Waals surface area (Å²) in [5.74, 6) is 1.67. The van der Waals surface area contributed by atoms with E-state index in [1.807, 2.05) is 43.5 Å². The molecule has 0 bridgehead atoms. The molecule has 0 spiro atoms. The highest BCUT2D eigenvalue weighted by atomic mass is 35.5. The zero-order valence-electron chi connectivity index (χ0n) is 11.6. The smallest absolute Gasteiger partial charge is 0.142 e. The molecule has 20 heavy (non-hydrogen) atoms. The van der Waals surface area contributed by atoms with Gasteiger partial charge in [0.05, 0.1) is 23.9 Å². The number of hydrogen-bond acceptors (Lipinski definition) is 4. The van der Waals surface area contributed by atoms with Gasteiger partial charge in [0.25, 0.3) is 0 Å². The molecule has 0 radical (unpaired) electrons. The Morgan fingerprint density at radius 2 is 1.95 bits per heavy atom. The first-order chi connectivity index (χ1) is 9.72. The van der Waals surface area contributed by atoms with E-state index in [0.29, 0.717) is 19.8 Å². The normalized spacial score (nSPS) is 10.3. The van der Waals surface area contributed by atoms with Gasteiger partial charge in [0, 0.05) is 22.9 Å². The van der Waals surface area contributed by atoms with E-state index in [9.17, 15) is 0 Å². The molecule has 1 aromatic carbocycles. The van der Waals surface area contributed by atoms with Crippen molar-refractivity contribution in [1.82, 2.24) is 0 Å². The van der Waals surface area contributed by atoms with Crippen LogP contribution in [0.25, 0.3) is 0 Å². The largest absolute Gasteiger partial charge is 0.494 e. The molecule has 0 unspecified atom stereocenters. The zero-order valence-corrected chi connectivity index (χ0v) is 13.2. The molecule has 0 saturated heterocycles. The molecule has 0 aliphatic rings. The van der Waals surface area contributed by atoms with Crippen LogP contribution in [0.1, 0.15) is 18.7 Å². The number of hydrogen-bond donors (Lipinski definition) is 1. The van der Waals surface area contributed by atoms with Gasteiger partial charge in [-0.05, 0) is 32.0 Å². The maximum atomic E-state index is 5.93. The SMILES string of the molecule is CCOc1ccc(OCC)c(NCc2cc(Cl)cs2)c1. The van der Waals surface area contributed by atoms with Gasteiger partial charge in [-0.25, -0.2) is 0 Å². The van der Waals surface area contributed by atoms with Crippen molar-refractivity contribution in [1.29, 1.82) is 0 Å². The van der Waals surface area contributed by atoms with Crippen molar-refractivity contribution in [3.8, 4) is 11.5 Å². The molecule has 3 nitrogen and oxygen atoms in total. The zero-order chi connectivity index (χ0) is 14.4. The van der Waals surface area contributed by atoms with Gasteiger partial charge in [-0.1, -0.05) is 11.6 Å². The summed E-state index contributed by atoms with van der Waals surface area (Å²) in [5.41, 5.74) is 0.933. The Balaban J connectivity index is 2.11. The molecular weight excluding hydrogens is 294 g/mol. The second-order valence-electron chi connectivity index (χ2n) is 4.11. The van der Waals surface area contributed by atoms with Crippen LogP contribution in [0.4, 0.5) is 5.69 Å². The monoisotopic (exact) mass is 311 g/mol. The van der Waals surface area contributed by atoms with E-state index >= 15 is 0 Å². The highest BCUT2D eigenvalue weighted by Crippen LogP contribution is 2.30. The van der Waals surface area contributed by atoms with Crippen molar-refractivity contribution in [2.24, 2.45) is 0 Å². The summed E-state index contributed by atoms with van der Waals surface area (Å²) in [6.45, 7) is 5.94. The number of ether oxygens (including phenoxy) is 2. The first-order valence-corrected chi connectivity index (χ1v) is 7.85. The molecule has 0 fully saturated rings. The number of nitrogens with one attached hydrogen (secondary N) is 1. The quantitative estimate of drug-likeness (QED) is 0.796. The molecule has 0 aliphatic carbocycles. The van der Waals surface area contributed by atoms with E-state index < -0.39 is 0 Å². The highest BCUT2D eigenvalue weighted by molar-refractivity contribution is 7.10. The topological polar surface area (TPSA) is 30.5 Å². The standard InChI is InChI=1S/C15H18ClNO2S/c1-3-18-12-5-6-15(19-4-2)14(8-12)17-9-13-7-11(16)10-20-13/h5-8,10,17H,3-4,9H2,1-2H3. The lowest BCUT2D eigenvalue weighted by molar-refractivity contribution is 0.332.